The van der Waals surface area contributed by atoms with Crippen LogP contribution in [0.4, 0.5) is 17.6 Å². The van der Waals surface area contributed by atoms with Crippen molar-refractivity contribution in [2.75, 3.05) is 23.8 Å². The van der Waals surface area contributed by atoms with Gasteiger partial charge in [-0.1, -0.05) is 102 Å². The first-order valence-electron chi connectivity index (χ1n) is 14.0. The Balaban J connectivity index is 0.000000590. The minimum atomic E-state index is 0.256. The Morgan fingerprint density at radius 3 is 1.92 bits per heavy atom. The molecule has 7 nitrogen and oxygen atoms in total. The molecule has 0 amide bonds. The number of nitrogens with one attached hydrogen (secondary N) is 2. The van der Waals surface area contributed by atoms with Crippen LogP contribution in [0.15, 0.2) is 85.2 Å². The number of nitrogens with zero attached hydrogens (tertiary/aromatic N) is 5. The van der Waals surface area contributed by atoms with E-state index in [4.69, 9.17) is 9.97 Å². The second kappa shape index (κ2) is 17.6. The predicted molar refractivity (Wildman–Crippen MR) is 166 cm³/mol. The zero-order valence-corrected chi connectivity index (χ0v) is 24.6. The zero-order valence-electron chi connectivity index (χ0n) is 24.6. The topological polar surface area (TPSA) is 78.9 Å². The largest absolute Gasteiger partial charge is 0.351 e. The van der Waals surface area contributed by atoms with E-state index in [0.717, 1.165) is 36.6 Å². The van der Waals surface area contributed by atoms with Crippen LogP contribution in [0.3, 0.4) is 0 Å². The molecular weight excluding hydrogens is 482 g/mol. The average Bonchev–Trinajstić information content (AvgIpc) is 2.99. The lowest BCUT2D eigenvalue weighted by molar-refractivity contribution is 0.613. The van der Waals surface area contributed by atoms with Crippen LogP contribution in [-0.2, 0) is 6.42 Å². The van der Waals surface area contributed by atoms with Gasteiger partial charge in [0.05, 0.1) is 0 Å². The van der Waals surface area contributed by atoms with Crippen molar-refractivity contribution in [1.29, 1.82) is 0 Å². The van der Waals surface area contributed by atoms with Gasteiger partial charge < -0.3 is 15.5 Å². The van der Waals surface area contributed by atoms with E-state index < -0.39 is 0 Å². The highest BCUT2D eigenvalue weighted by Crippen LogP contribution is 2.23. The fourth-order valence-corrected chi connectivity index (χ4v) is 3.77. The summed E-state index contributed by atoms with van der Waals surface area (Å²) in [6, 6.07) is 25.1. The van der Waals surface area contributed by atoms with Crippen LogP contribution in [0.25, 0.3) is 11.4 Å². The Labute approximate surface area is 235 Å². The molecule has 0 saturated carbocycles. The number of anilines is 3. The summed E-state index contributed by atoms with van der Waals surface area (Å²) in [5.41, 5.74) is 2.28. The molecule has 0 radical (unpaired) electrons. The summed E-state index contributed by atoms with van der Waals surface area (Å²) in [6.45, 7) is 13.6. The van der Waals surface area contributed by atoms with E-state index in [-0.39, 0.29) is 6.04 Å². The number of hydrogen-bond acceptors (Lipinski definition) is 7. The Morgan fingerprint density at radius 2 is 1.36 bits per heavy atom. The molecule has 2 N–H and O–H groups in total. The quantitative estimate of drug-likeness (QED) is 0.226. The van der Waals surface area contributed by atoms with Crippen molar-refractivity contribution in [3.63, 3.8) is 0 Å². The lowest BCUT2D eigenvalue weighted by Gasteiger charge is -2.20. The normalized spacial score (nSPS) is 11.0. The predicted octanol–water partition coefficient (Wildman–Crippen LogP) is 7.17. The smallest absolute Gasteiger partial charge is 0.224 e. The molecule has 0 spiro atoms. The maximum Gasteiger partial charge on any atom is 0.224 e. The van der Waals surface area contributed by atoms with E-state index in [1.807, 2.05) is 74.3 Å². The molecule has 2 aromatic heterocycles. The van der Waals surface area contributed by atoms with Gasteiger partial charge in [-0.15, -0.1) is 0 Å². The molecule has 0 fully saturated rings. The van der Waals surface area contributed by atoms with Crippen molar-refractivity contribution >= 4 is 17.6 Å². The second-order valence-corrected chi connectivity index (χ2v) is 9.05. The minimum Gasteiger partial charge on any atom is -0.351 e. The van der Waals surface area contributed by atoms with Gasteiger partial charge in [-0.25, -0.2) is 15.0 Å². The molecule has 4 rings (SSSR count). The number of aromatic nitrogens is 4. The van der Waals surface area contributed by atoms with E-state index in [1.165, 1.54) is 5.56 Å². The van der Waals surface area contributed by atoms with Crippen molar-refractivity contribution < 1.29 is 0 Å². The third-order valence-electron chi connectivity index (χ3n) is 5.76. The van der Waals surface area contributed by atoms with Crippen LogP contribution in [0.2, 0.25) is 0 Å². The summed E-state index contributed by atoms with van der Waals surface area (Å²) in [6.07, 6.45) is 5.45. The highest BCUT2D eigenvalue weighted by Gasteiger charge is 2.13. The molecular formula is C32H45N7. The molecule has 0 bridgehead atoms. The molecule has 2 aromatic carbocycles. The van der Waals surface area contributed by atoms with E-state index in [0.29, 0.717) is 17.8 Å². The summed E-state index contributed by atoms with van der Waals surface area (Å²) >= 11 is 0. The van der Waals surface area contributed by atoms with Crippen LogP contribution in [0.5, 0.6) is 0 Å². The third kappa shape index (κ3) is 10.8. The van der Waals surface area contributed by atoms with Gasteiger partial charge in [-0.2, -0.15) is 4.98 Å². The van der Waals surface area contributed by atoms with Gasteiger partial charge >= 0.3 is 0 Å². The fraction of sp³-hybridized carbons (Fsp3) is 0.375. The van der Waals surface area contributed by atoms with Crippen molar-refractivity contribution in [2.24, 2.45) is 0 Å². The van der Waals surface area contributed by atoms with Crippen molar-refractivity contribution in [1.82, 2.24) is 25.3 Å². The van der Waals surface area contributed by atoms with Crippen LogP contribution in [0.1, 0.15) is 53.5 Å². The van der Waals surface area contributed by atoms with Gasteiger partial charge in [0.2, 0.25) is 5.95 Å². The Kier molecular flexibility index (Phi) is 14.2. The standard InChI is InChI=1S/C25H26N6.C5H13N.C2H6/c1-3-21(18-19-10-6-4-7-11-19)28-25-27-17-15-23(30-25)31(2)22-14-16-26-24(29-22)20-12-8-5-9-13-20;1-4-6-5(2)3;1-2/h4-17,21H,3,18H2,1-2H3,(H,27,28,30);5-6H,4H2,1-3H3;1-2H3. The molecule has 208 valence electrons. The molecule has 1 atom stereocenters. The molecule has 0 saturated heterocycles. The molecule has 39 heavy (non-hydrogen) atoms. The molecule has 0 aliphatic heterocycles. The second-order valence-electron chi connectivity index (χ2n) is 9.05. The first-order chi connectivity index (χ1) is 19.0. The highest BCUT2D eigenvalue weighted by atomic mass is 15.3. The number of benzene rings is 2. The number of rotatable bonds is 10. The first kappa shape index (κ1) is 31.4. The lowest BCUT2D eigenvalue weighted by Crippen LogP contribution is -2.23. The van der Waals surface area contributed by atoms with Crippen LogP contribution >= 0.6 is 0 Å². The molecule has 0 aliphatic carbocycles. The van der Waals surface area contributed by atoms with Crippen LogP contribution in [-0.4, -0.2) is 45.6 Å². The fourth-order valence-electron chi connectivity index (χ4n) is 3.77. The molecule has 7 heteroatoms. The number of hydrogen-bond donors (Lipinski definition) is 2. The zero-order chi connectivity index (χ0) is 28.5. The highest BCUT2D eigenvalue weighted by molar-refractivity contribution is 5.61. The van der Waals surface area contributed by atoms with Gasteiger partial charge in [0.15, 0.2) is 5.82 Å². The van der Waals surface area contributed by atoms with Crippen molar-refractivity contribution in [2.45, 2.75) is 66.5 Å². The van der Waals surface area contributed by atoms with Gasteiger partial charge in [0.25, 0.3) is 0 Å². The van der Waals surface area contributed by atoms with Gasteiger partial charge in [0, 0.05) is 37.1 Å². The summed E-state index contributed by atoms with van der Waals surface area (Å²) in [4.78, 5) is 20.2. The third-order valence-corrected chi connectivity index (χ3v) is 5.76. The van der Waals surface area contributed by atoms with E-state index >= 15 is 0 Å². The van der Waals surface area contributed by atoms with E-state index in [9.17, 15) is 0 Å². The van der Waals surface area contributed by atoms with Gasteiger partial charge in [-0.3, -0.25) is 0 Å². The Morgan fingerprint density at radius 1 is 0.769 bits per heavy atom. The van der Waals surface area contributed by atoms with Crippen LogP contribution < -0.4 is 15.5 Å². The lowest BCUT2D eigenvalue weighted by atomic mass is 10.0. The van der Waals surface area contributed by atoms with Gasteiger partial charge in [-0.05, 0) is 37.1 Å². The monoisotopic (exact) mass is 527 g/mol. The van der Waals surface area contributed by atoms with Crippen molar-refractivity contribution in [3.8, 4) is 11.4 Å². The SMILES string of the molecule is CC.CCC(Cc1ccccc1)Nc1nccc(N(C)c2ccnc(-c3ccccc3)n2)n1.CCNC(C)C. The summed E-state index contributed by atoms with van der Waals surface area (Å²) in [5.74, 6) is 2.84. The van der Waals surface area contributed by atoms with E-state index in [1.54, 1.807) is 12.4 Å². The Bertz CT molecular complexity index is 1180. The van der Waals surface area contributed by atoms with Gasteiger partial charge in [0.1, 0.15) is 11.6 Å². The molecule has 0 aliphatic rings. The Hall–Kier alpha value is -3.84. The maximum absolute atomic E-state index is 4.72. The maximum atomic E-state index is 4.72. The summed E-state index contributed by atoms with van der Waals surface area (Å²) in [7, 11) is 1.95. The van der Waals surface area contributed by atoms with E-state index in [2.05, 4.69) is 72.6 Å². The van der Waals surface area contributed by atoms with Crippen molar-refractivity contribution in [3.05, 3.63) is 90.8 Å². The summed E-state index contributed by atoms with van der Waals surface area (Å²) in [5, 5.41) is 6.69. The first-order valence-corrected chi connectivity index (χ1v) is 14.0. The minimum absolute atomic E-state index is 0.256. The summed E-state index contributed by atoms with van der Waals surface area (Å²) < 4.78 is 0. The molecule has 2 heterocycles. The molecule has 1 unspecified atom stereocenters. The van der Waals surface area contributed by atoms with Crippen LogP contribution in [0, 0.1) is 0 Å². The molecule has 4 aromatic rings. The average molecular weight is 528 g/mol.